The molecule has 0 aliphatic rings. The van der Waals surface area contributed by atoms with Crippen LogP contribution in [0.5, 0.6) is 0 Å². The van der Waals surface area contributed by atoms with E-state index in [4.69, 9.17) is 0 Å². The molecule has 5 heteroatoms. The second kappa shape index (κ2) is 7.75. The fourth-order valence-electron chi connectivity index (χ4n) is 4.30. The maximum absolute atomic E-state index is 12.3. The van der Waals surface area contributed by atoms with Gasteiger partial charge in [0.2, 0.25) is 5.91 Å². The van der Waals surface area contributed by atoms with Crippen LogP contribution in [0.3, 0.4) is 0 Å². The molecule has 0 bridgehead atoms. The van der Waals surface area contributed by atoms with E-state index < -0.39 is 0 Å². The fraction of sp³-hybridized carbons (Fsp3) is 0.240. The number of nitrogens with one attached hydrogen (secondary N) is 1. The molecule has 0 aliphatic heterocycles. The minimum Gasteiger partial charge on any atom is -0.350 e. The highest BCUT2D eigenvalue weighted by Gasteiger charge is 2.11. The largest absolute Gasteiger partial charge is 0.350 e. The summed E-state index contributed by atoms with van der Waals surface area (Å²) in [6.45, 7) is 3.22. The molecule has 5 nitrogen and oxygen atoms in total. The average Bonchev–Trinajstić information content (AvgIpc) is 3.25. The molecule has 1 aromatic heterocycles. The fourth-order valence-corrected chi connectivity index (χ4v) is 4.30. The minimum absolute atomic E-state index is 0.0544. The average molecular weight is 396 g/mol. The van der Waals surface area contributed by atoms with Crippen molar-refractivity contribution >= 4 is 38.2 Å². The molecule has 0 saturated carbocycles. The highest BCUT2D eigenvalue weighted by molar-refractivity contribution is 6.23. The zero-order valence-electron chi connectivity index (χ0n) is 17.1. The Morgan fingerprint density at radius 1 is 0.967 bits per heavy atom. The van der Waals surface area contributed by atoms with Crippen molar-refractivity contribution < 1.29 is 4.79 Å². The number of benzene rings is 4. The van der Waals surface area contributed by atoms with Crippen molar-refractivity contribution in [1.29, 1.82) is 0 Å². The first-order chi connectivity index (χ1) is 14.7. The lowest BCUT2D eigenvalue weighted by atomic mass is 9.90. The van der Waals surface area contributed by atoms with Crippen LogP contribution >= 0.6 is 0 Å². The Labute approximate surface area is 175 Å². The zero-order chi connectivity index (χ0) is 20.5. The topological polar surface area (TPSA) is 59.8 Å². The molecule has 30 heavy (non-hydrogen) atoms. The molecular weight excluding hydrogens is 372 g/mol. The number of carbonyl (C=O) groups excluding carboxylic acids is 1. The third kappa shape index (κ3) is 3.36. The molecule has 0 saturated heterocycles. The van der Waals surface area contributed by atoms with Crippen LogP contribution in [-0.2, 0) is 24.3 Å². The number of nitrogens with zero attached hydrogens (tertiary/aromatic N) is 3. The number of hydrogen-bond acceptors (Lipinski definition) is 3. The van der Waals surface area contributed by atoms with Gasteiger partial charge in [-0.1, -0.05) is 59.8 Å². The van der Waals surface area contributed by atoms with Gasteiger partial charge in [0.15, 0.2) is 0 Å². The third-order valence-electron chi connectivity index (χ3n) is 5.85. The molecule has 0 radical (unpaired) electrons. The van der Waals surface area contributed by atoms with Gasteiger partial charge >= 0.3 is 0 Å². The third-order valence-corrected chi connectivity index (χ3v) is 5.85. The van der Waals surface area contributed by atoms with Gasteiger partial charge in [-0.3, -0.25) is 9.48 Å². The van der Waals surface area contributed by atoms with Crippen molar-refractivity contribution in [3.63, 3.8) is 0 Å². The van der Waals surface area contributed by atoms with Gasteiger partial charge in [-0.15, -0.1) is 5.10 Å². The normalized spacial score (nSPS) is 11.6. The number of amides is 1. The zero-order valence-corrected chi connectivity index (χ0v) is 17.1. The molecule has 0 aliphatic carbocycles. The molecule has 0 spiro atoms. The smallest absolute Gasteiger partial charge is 0.220 e. The highest BCUT2D eigenvalue weighted by Crippen LogP contribution is 2.36. The van der Waals surface area contributed by atoms with E-state index in [1.54, 1.807) is 4.68 Å². The Hall–Kier alpha value is -3.47. The number of hydrogen-bond donors (Lipinski definition) is 1. The molecule has 150 valence electrons. The van der Waals surface area contributed by atoms with Crippen molar-refractivity contribution in [2.45, 2.75) is 39.3 Å². The van der Waals surface area contributed by atoms with Crippen LogP contribution in [0.1, 0.15) is 31.0 Å². The molecule has 1 N–H and O–H groups in total. The summed E-state index contributed by atoms with van der Waals surface area (Å²) in [7, 11) is 0. The Balaban J connectivity index is 1.29. The van der Waals surface area contributed by atoms with Gasteiger partial charge in [0.1, 0.15) is 5.69 Å². The van der Waals surface area contributed by atoms with E-state index in [9.17, 15) is 4.79 Å². The van der Waals surface area contributed by atoms with E-state index in [1.165, 1.54) is 37.9 Å². The molecule has 5 rings (SSSR count). The lowest BCUT2D eigenvalue weighted by Gasteiger charge is -2.14. The number of rotatable bonds is 7. The molecule has 4 aromatic carbocycles. The van der Waals surface area contributed by atoms with Gasteiger partial charge in [0.25, 0.3) is 0 Å². The molecule has 1 heterocycles. The second-order valence-corrected chi connectivity index (χ2v) is 7.78. The van der Waals surface area contributed by atoms with Gasteiger partial charge in [-0.25, -0.2) is 0 Å². The van der Waals surface area contributed by atoms with Crippen molar-refractivity contribution in [1.82, 2.24) is 20.3 Å². The van der Waals surface area contributed by atoms with Crippen LogP contribution in [0, 0.1) is 0 Å². The summed E-state index contributed by atoms with van der Waals surface area (Å²) in [6, 6.07) is 19.7. The van der Waals surface area contributed by atoms with E-state index in [2.05, 4.69) is 70.2 Å². The monoisotopic (exact) mass is 396 g/mol. The molecule has 5 aromatic rings. The molecule has 1 amide bonds. The first-order valence-corrected chi connectivity index (χ1v) is 10.5. The van der Waals surface area contributed by atoms with E-state index in [0.29, 0.717) is 13.0 Å². The van der Waals surface area contributed by atoms with Gasteiger partial charge in [-0.2, -0.15) is 0 Å². The maximum Gasteiger partial charge on any atom is 0.220 e. The van der Waals surface area contributed by atoms with Crippen molar-refractivity contribution in [3.8, 4) is 0 Å². The lowest BCUT2D eigenvalue weighted by Crippen LogP contribution is -2.22. The Morgan fingerprint density at radius 2 is 1.70 bits per heavy atom. The minimum atomic E-state index is 0.0544. The Bertz CT molecular complexity index is 1320. The van der Waals surface area contributed by atoms with E-state index in [1.807, 2.05) is 13.1 Å². The van der Waals surface area contributed by atoms with E-state index in [0.717, 1.165) is 25.1 Å². The quantitative estimate of drug-likeness (QED) is 0.401. The number of aryl methyl sites for hydroxylation is 2. The first kappa shape index (κ1) is 18.6. The van der Waals surface area contributed by atoms with E-state index >= 15 is 0 Å². The summed E-state index contributed by atoms with van der Waals surface area (Å²) in [5.41, 5.74) is 2.09. The van der Waals surface area contributed by atoms with E-state index in [-0.39, 0.29) is 5.91 Å². The van der Waals surface area contributed by atoms with Crippen LogP contribution in [0.2, 0.25) is 0 Å². The Morgan fingerprint density at radius 3 is 2.47 bits per heavy atom. The standard InChI is InChI=1S/C25H24N4O/c1-2-29-16-21(27-28-29)15-26-23(30)8-4-5-17-9-10-20-12-11-18-6-3-7-19-13-14-22(17)25(20)24(18)19/h3,6-7,9-14,16H,2,4-5,8,15H2,1H3,(H,26,30). The van der Waals surface area contributed by atoms with Crippen LogP contribution in [-0.4, -0.2) is 20.9 Å². The summed E-state index contributed by atoms with van der Waals surface area (Å²) >= 11 is 0. The van der Waals surface area contributed by atoms with Crippen LogP contribution in [0.25, 0.3) is 32.3 Å². The van der Waals surface area contributed by atoms with Crippen molar-refractivity contribution in [3.05, 3.63) is 72.1 Å². The van der Waals surface area contributed by atoms with Crippen LogP contribution in [0.15, 0.2) is 60.8 Å². The van der Waals surface area contributed by atoms with Gasteiger partial charge in [-0.05, 0) is 57.6 Å². The predicted octanol–water partition coefficient (Wildman–Crippen LogP) is 4.83. The lowest BCUT2D eigenvalue weighted by molar-refractivity contribution is -0.121. The van der Waals surface area contributed by atoms with Crippen molar-refractivity contribution in [2.24, 2.45) is 0 Å². The summed E-state index contributed by atoms with van der Waals surface area (Å²) in [5, 5.41) is 18.8. The number of carbonyl (C=O) groups is 1. The van der Waals surface area contributed by atoms with Gasteiger partial charge in [0, 0.05) is 13.0 Å². The van der Waals surface area contributed by atoms with Crippen LogP contribution in [0.4, 0.5) is 0 Å². The van der Waals surface area contributed by atoms with Gasteiger partial charge < -0.3 is 5.32 Å². The first-order valence-electron chi connectivity index (χ1n) is 10.5. The second-order valence-electron chi connectivity index (χ2n) is 7.78. The van der Waals surface area contributed by atoms with Crippen LogP contribution < -0.4 is 5.32 Å². The number of aromatic nitrogens is 3. The summed E-state index contributed by atoms with van der Waals surface area (Å²) < 4.78 is 1.76. The Kier molecular flexibility index (Phi) is 4.79. The summed E-state index contributed by atoms with van der Waals surface area (Å²) in [6.07, 6.45) is 4.07. The summed E-state index contributed by atoms with van der Waals surface area (Å²) in [5.74, 6) is 0.0544. The SMILES string of the molecule is CCn1cc(CNC(=O)CCCc2ccc3ccc4cccc5ccc2c3c45)nn1. The maximum atomic E-state index is 12.3. The molecule has 0 atom stereocenters. The predicted molar refractivity (Wildman–Crippen MR) is 121 cm³/mol. The van der Waals surface area contributed by atoms with Crippen molar-refractivity contribution in [2.75, 3.05) is 0 Å². The highest BCUT2D eigenvalue weighted by atomic mass is 16.1. The molecular formula is C25H24N4O. The molecule has 0 unspecified atom stereocenters. The van der Waals surface area contributed by atoms with Gasteiger partial charge in [0.05, 0.1) is 12.7 Å². The summed E-state index contributed by atoms with van der Waals surface area (Å²) in [4.78, 5) is 12.3. The molecule has 0 fully saturated rings.